The summed E-state index contributed by atoms with van der Waals surface area (Å²) in [7, 11) is 0. The van der Waals surface area contributed by atoms with Gasteiger partial charge in [0.25, 0.3) is 0 Å². The Morgan fingerprint density at radius 3 is 2.39 bits per heavy atom. The van der Waals surface area contributed by atoms with Crippen molar-refractivity contribution in [2.24, 2.45) is 0 Å². The van der Waals surface area contributed by atoms with Crippen molar-refractivity contribution in [3.05, 3.63) is 89.7 Å². The van der Waals surface area contributed by atoms with E-state index in [-0.39, 0.29) is 35.7 Å². The van der Waals surface area contributed by atoms with E-state index >= 15 is 0 Å². The smallest absolute Gasteiger partial charge is 0.128 e. The number of nitrogens with zero attached hydrogens (tertiary/aromatic N) is 1. The number of ether oxygens (including phenoxy) is 1. The van der Waals surface area contributed by atoms with Gasteiger partial charge in [-0.2, -0.15) is 0 Å². The predicted molar refractivity (Wildman–Crippen MR) is 116 cm³/mol. The summed E-state index contributed by atoms with van der Waals surface area (Å²) < 4.78 is 19.5. The molecule has 1 fully saturated rings. The number of hydrogen-bond acceptors (Lipinski definition) is 5. The first-order valence-electron chi connectivity index (χ1n) is 10.4. The first-order chi connectivity index (χ1) is 14.9. The third-order valence-electron chi connectivity index (χ3n) is 5.78. The fraction of sp³-hybridized carbons (Fsp3) is 0.280. The van der Waals surface area contributed by atoms with Crippen LogP contribution in [0.4, 0.5) is 10.1 Å². The standard InChI is InChI=1S/C25H26FNO4/c1-16-27(19-5-3-2-4-6-19)25(21-12-11-20(28)15-23(21)30)24(31-16)14-13-22(29)17-7-9-18(26)10-8-17/h2-12,15-16,22,24-25,28-30H,13-14H2,1H3/t16?,22?,24-,25-/m1/s1. The summed E-state index contributed by atoms with van der Waals surface area (Å²) in [6, 6.07) is 19.9. The van der Waals surface area contributed by atoms with E-state index in [0.29, 0.717) is 24.0 Å². The van der Waals surface area contributed by atoms with E-state index < -0.39 is 6.10 Å². The third-order valence-corrected chi connectivity index (χ3v) is 5.78. The third kappa shape index (κ3) is 4.50. The number of hydrogen-bond donors (Lipinski definition) is 3. The van der Waals surface area contributed by atoms with Crippen LogP contribution >= 0.6 is 0 Å². The molecule has 4 rings (SSSR count). The molecule has 1 heterocycles. The summed E-state index contributed by atoms with van der Waals surface area (Å²) in [6.45, 7) is 1.95. The van der Waals surface area contributed by atoms with Gasteiger partial charge in [-0.05, 0) is 61.7 Å². The summed E-state index contributed by atoms with van der Waals surface area (Å²) in [6.07, 6.45) is -0.369. The van der Waals surface area contributed by atoms with Gasteiger partial charge in [0.05, 0.1) is 18.2 Å². The Kier molecular flexibility index (Phi) is 6.11. The highest BCUT2D eigenvalue weighted by Gasteiger charge is 2.42. The number of rotatable bonds is 6. The number of anilines is 1. The van der Waals surface area contributed by atoms with Crippen molar-refractivity contribution < 1.29 is 24.4 Å². The molecule has 0 radical (unpaired) electrons. The Bertz CT molecular complexity index is 1010. The van der Waals surface area contributed by atoms with Crippen LogP contribution in [0, 0.1) is 5.82 Å². The van der Waals surface area contributed by atoms with Crippen LogP contribution in [0.1, 0.15) is 43.0 Å². The fourth-order valence-electron chi connectivity index (χ4n) is 4.30. The number of phenols is 2. The van der Waals surface area contributed by atoms with E-state index in [2.05, 4.69) is 4.90 Å². The Morgan fingerprint density at radius 1 is 1.00 bits per heavy atom. The average Bonchev–Trinajstić information content (AvgIpc) is 3.09. The maximum absolute atomic E-state index is 13.2. The van der Waals surface area contributed by atoms with Gasteiger partial charge in [-0.25, -0.2) is 4.39 Å². The SMILES string of the molecule is CC1O[C@H](CCC(O)c2ccc(F)cc2)[C@@H](c2ccc(O)cc2O)N1c1ccccc1. The van der Waals surface area contributed by atoms with Crippen molar-refractivity contribution in [2.75, 3.05) is 4.90 Å². The highest BCUT2D eigenvalue weighted by molar-refractivity contribution is 5.53. The molecule has 0 aliphatic carbocycles. The maximum atomic E-state index is 13.2. The molecule has 2 unspecified atom stereocenters. The first-order valence-corrected chi connectivity index (χ1v) is 10.4. The molecule has 4 atom stereocenters. The quantitative estimate of drug-likeness (QED) is 0.518. The molecule has 0 aromatic heterocycles. The first kappa shape index (κ1) is 21.2. The normalized spacial score (nSPS) is 21.9. The molecular weight excluding hydrogens is 397 g/mol. The second-order valence-electron chi connectivity index (χ2n) is 7.85. The lowest BCUT2D eigenvalue weighted by Crippen LogP contribution is -2.31. The summed E-state index contributed by atoms with van der Waals surface area (Å²) in [5, 5.41) is 30.9. The predicted octanol–water partition coefficient (Wildman–Crippen LogP) is 5.04. The summed E-state index contributed by atoms with van der Waals surface area (Å²) in [4.78, 5) is 2.10. The van der Waals surface area contributed by atoms with E-state index in [0.717, 1.165) is 5.69 Å². The minimum absolute atomic E-state index is 0.00675. The lowest BCUT2D eigenvalue weighted by Gasteiger charge is -2.31. The molecule has 162 valence electrons. The monoisotopic (exact) mass is 423 g/mol. The number of halogens is 1. The second-order valence-corrected chi connectivity index (χ2v) is 7.85. The highest BCUT2D eigenvalue weighted by atomic mass is 19.1. The van der Waals surface area contributed by atoms with Gasteiger partial charge in [0, 0.05) is 17.3 Å². The maximum Gasteiger partial charge on any atom is 0.128 e. The number of aliphatic hydroxyl groups is 1. The van der Waals surface area contributed by atoms with Gasteiger partial charge >= 0.3 is 0 Å². The van der Waals surface area contributed by atoms with E-state index in [1.165, 1.54) is 18.2 Å². The van der Waals surface area contributed by atoms with Crippen LogP contribution < -0.4 is 4.90 Å². The van der Waals surface area contributed by atoms with Crippen LogP contribution in [0.15, 0.2) is 72.8 Å². The molecule has 0 bridgehead atoms. The summed E-state index contributed by atoms with van der Waals surface area (Å²) in [5.74, 6) is -0.360. The van der Waals surface area contributed by atoms with Gasteiger partial charge in [-0.1, -0.05) is 30.3 Å². The Morgan fingerprint density at radius 2 is 1.71 bits per heavy atom. The second kappa shape index (κ2) is 8.96. The largest absolute Gasteiger partial charge is 0.508 e. The van der Waals surface area contributed by atoms with Crippen molar-refractivity contribution in [3.63, 3.8) is 0 Å². The number of benzene rings is 3. The minimum Gasteiger partial charge on any atom is -0.508 e. The van der Waals surface area contributed by atoms with E-state index in [1.807, 2.05) is 37.3 Å². The molecule has 1 saturated heterocycles. The van der Waals surface area contributed by atoms with Crippen molar-refractivity contribution in [2.45, 2.75) is 44.2 Å². The van der Waals surface area contributed by atoms with Crippen LogP contribution in [-0.2, 0) is 4.74 Å². The molecule has 31 heavy (non-hydrogen) atoms. The van der Waals surface area contributed by atoms with Gasteiger partial charge in [-0.15, -0.1) is 0 Å². The lowest BCUT2D eigenvalue weighted by molar-refractivity contribution is 0.0349. The molecule has 3 aromatic rings. The van der Waals surface area contributed by atoms with Crippen molar-refractivity contribution in [1.82, 2.24) is 0 Å². The molecule has 1 aliphatic heterocycles. The molecule has 0 spiro atoms. The van der Waals surface area contributed by atoms with Crippen LogP contribution in [0.5, 0.6) is 11.5 Å². The molecule has 0 saturated carbocycles. The number of aliphatic hydroxyl groups excluding tert-OH is 1. The number of phenolic OH excluding ortho intramolecular Hbond substituents is 2. The number of para-hydroxylation sites is 1. The number of aromatic hydroxyl groups is 2. The van der Waals surface area contributed by atoms with E-state index in [4.69, 9.17) is 4.74 Å². The topological polar surface area (TPSA) is 73.2 Å². The molecule has 0 amide bonds. The molecule has 3 N–H and O–H groups in total. The molecule has 6 heteroatoms. The van der Waals surface area contributed by atoms with Gasteiger partial charge < -0.3 is 25.0 Å². The minimum atomic E-state index is -0.751. The van der Waals surface area contributed by atoms with Gasteiger partial charge in [0.1, 0.15) is 23.5 Å². The molecular formula is C25H26FNO4. The van der Waals surface area contributed by atoms with Crippen molar-refractivity contribution >= 4 is 5.69 Å². The van der Waals surface area contributed by atoms with Crippen LogP contribution in [0.25, 0.3) is 0 Å². The van der Waals surface area contributed by atoms with Gasteiger partial charge in [0.15, 0.2) is 0 Å². The van der Waals surface area contributed by atoms with Crippen LogP contribution in [0.2, 0.25) is 0 Å². The zero-order valence-corrected chi connectivity index (χ0v) is 17.2. The highest BCUT2D eigenvalue weighted by Crippen LogP contribution is 2.44. The zero-order chi connectivity index (χ0) is 22.0. The molecule has 3 aromatic carbocycles. The van der Waals surface area contributed by atoms with Gasteiger partial charge in [0.2, 0.25) is 0 Å². The van der Waals surface area contributed by atoms with Crippen molar-refractivity contribution in [3.8, 4) is 11.5 Å². The summed E-state index contributed by atoms with van der Waals surface area (Å²) in [5.41, 5.74) is 2.25. The average molecular weight is 423 g/mol. The zero-order valence-electron chi connectivity index (χ0n) is 17.2. The van der Waals surface area contributed by atoms with E-state index in [9.17, 15) is 19.7 Å². The molecule has 5 nitrogen and oxygen atoms in total. The Hall–Kier alpha value is -3.09. The lowest BCUT2D eigenvalue weighted by atomic mass is 9.94. The Balaban J connectivity index is 1.61. The fourth-order valence-corrected chi connectivity index (χ4v) is 4.30. The van der Waals surface area contributed by atoms with Gasteiger partial charge in [-0.3, -0.25) is 0 Å². The van der Waals surface area contributed by atoms with E-state index in [1.54, 1.807) is 24.3 Å². The van der Waals surface area contributed by atoms with Crippen molar-refractivity contribution in [1.29, 1.82) is 0 Å². The Labute approximate surface area is 181 Å². The summed E-state index contributed by atoms with van der Waals surface area (Å²) >= 11 is 0. The molecule has 1 aliphatic rings. The van der Waals surface area contributed by atoms with Crippen LogP contribution in [0.3, 0.4) is 0 Å². The van der Waals surface area contributed by atoms with Crippen LogP contribution in [-0.4, -0.2) is 27.7 Å².